The van der Waals surface area contributed by atoms with E-state index in [-0.39, 0.29) is 11.9 Å². The van der Waals surface area contributed by atoms with Crippen LogP contribution in [0.5, 0.6) is 5.75 Å². The molecule has 210 valence electrons. The molecule has 1 aromatic carbocycles. The van der Waals surface area contributed by atoms with Gasteiger partial charge in [-0.05, 0) is 56.8 Å². The van der Waals surface area contributed by atoms with Crippen molar-refractivity contribution >= 4 is 49.4 Å². The summed E-state index contributed by atoms with van der Waals surface area (Å²) in [6.07, 6.45) is 0.761. The Bertz CT molecular complexity index is 875. The lowest BCUT2D eigenvalue weighted by atomic mass is 9.97. The third-order valence-corrected chi connectivity index (χ3v) is 14.7. The van der Waals surface area contributed by atoms with Crippen molar-refractivity contribution in [3.05, 3.63) is 34.7 Å². The highest BCUT2D eigenvalue weighted by molar-refractivity contribution is 8.02. The number of ether oxygens (including phenoxy) is 2. The van der Waals surface area contributed by atoms with E-state index < -0.39 is 8.32 Å². The number of carbonyl (C=O) groups is 2. The number of benzene rings is 1. The summed E-state index contributed by atoms with van der Waals surface area (Å²) in [4.78, 5) is 23.1. The first-order chi connectivity index (χ1) is 17.4. The van der Waals surface area contributed by atoms with E-state index in [9.17, 15) is 9.59 Å². The van der Waals surface area contributed by atoms with E-state index in [1.54, 1.807) is 23.5 Å². The number of hydrogen-bond acceptors (Lipinski definition) is 7. The molecule has 0 aliphatic heterocycles. The first kappa shape index (κ1) is 33.6. The minimum atomic E-state index is -2.08. The van der Waals surface area contributed by atoms with Crippen LogP contribution in [0.1, 0.15) is 85.3 Å². The number of carbonyl (C=O) groups excluding carboxylic acids is 2. The van der Waals surface area contributed by atoms with Crippen LogP contribution in [0.25, 0.3) is 5.57 Å². The van der Waals surface area contributed by atoms with Crippen LogP contribution in [0.4, 0.5) is 0 Å². The number of thioether (sulfide) groups is 2. The van der Waals surface area contributed by atoms with Crippen LogP contribution in [0, 0.1) is 0 Å². The van der Waals surface area contributed by atoms with Gasteiger partial charge in [-0.3, -0.25) is 9.59 Å². The fourth-order valence-corrected chi connectivity index (χ4v) is 12.0. The molecule has 0 saturated carbocycles. The van der Waals surface area contributed by atoms with Gasteiger partial charge in [0.25, 0.3) is 8.32 Å². The Balaban J connectivity index is 3.32. The fourth-order valence-electron chi connectivity index (χ4n) is 4.87. The van der Waals surface area contributed by atoms with Crippen LogP contribution in [0.2, 0.25) is 16.6 Å². The van der Waals surface area contributed by atoms with Crippen LogP contribution in [-0.2, 0) is 19.1 Å². The van der Waals surface area contributed by atoms with Crippen LogP contribution in [0.3, 0.4) is 0 Å². The summed E-state index contributed by atoms with van der Waals surface area (Å²) in [5.41, 5.74) is 5.05. The molecular formula is C29H48O5S2Si. The van der Waals surface area contributed by atoms with Gasteiger partial charge in [-0.2, -0.15) is 11.8 Å². The molecule has 0 spiro atoms. The van der Waals surface area contributed by atoms with Gasteiger partial charge in [0.1, 0.15) is 5.75 Å². The molecule has 0 amide bonds. The molecular weight excluding hydrogens is 521 g/mol. The van der Waals surface area contributed by atoms with E-state index >= 15 is 0 Å². The average molecular weight is 569 g/mol. The lowest BCUT2D eigenvalue weighted by Crippen LogP contribution is -2.50. The molecule has 0 saturated heterocycles. The van der Waals surface area contributed by atoms with Gasteiger partial charge < -0.3 is 13.9 Å². The Morgan fingerprint density at radius 1 is 0.865 bits per heavy atom. The quantitative estimate of drug-likeness (QED) is 0.113. The van der Waals surface area contributed by atoms with Crippen molar-refractivity contribution in [3.63, 3.8) is 0 Å². The maximum Gasteiger partial charge on any atom is 0.306 e. The number of methoxy groups -OCH3 is 2. The van der Waals surface area contributed by atoms with Crippen molar-refractivity contribution < 1.29 is 23.5 Å². The SMILES string of the molecule is COC(=O)CCS/C=C(\CSCCC(=O)OC)c1ccc(O[Si](C(C)C)(C(C)C)C(C)C)c(C(C)C)c1. The predicted octanol–water partition coefficient (Wildman–Crippen LogP) is 8.30. The highest BCUT2D eigenvalue weighted by atomic mass is 32.2. The topological polar surface area (TPSA) is 61.8 Å². The molecule has 0 aliphatic carbocycles. The molecule has 0 aromatic heterocycles. The molecule has 37 heavy (non-hydrogen) atoms. The molecule has 0 radical (unpaired) electrons. The fraction of sp³-hybridized carbons (Fsp3) is 0.655. The normalized spacial score (nSPS) is 12.5. The minimum Gasteiger partial charge on any atom is -0.542 e. The summed E-state index contributed by atoms with van der Waals surface area (Å²) in [5.74, 6) is 3.05. The van der Waals surface area contributed by atoms with Crippen molar-refractivity contribution in [3.8, 4) is 5.75 Å². The maximum atomic E-state index is 11.5. The molecule has 1 aromatic rings. The molecule has 5 nitrogen and oxygen atoms in total. The van der Waals surface area contributed by atoms with Crippen LogP contribution in [-0.4, -0.2) is 51.7 Å². The Labute approximate surface area is 235 Å². The number of rotatable bonds is 16. The second-order valence-electron chi connectivity index (χ2n) is 10.5. The molecule has 0 aliphatic rings. The zero-order chi connectivity index (χ0) is 28.2. The average Bonchev–Trinajstić information content (AvgIpc) is 2.84. The zero-order valence-electron chi connectivity index (χ0n) is 24.5. The number of esters is 2. The van der Waals surface area contributed by atoms with Gasteiger partial charge in [-0.25, -0.2) is 0 Å². The molecule has 0 bridgehead atoms. The van der Waals surface area contributed by atoms with Crippen LogP contribution < -0.4 is 4.43 Å². The third-order valence-electron chi connectivity index (χ3n) is 6.81. The van der Waals surface area contributed by atoms with E-state index in [2.05, 4.69) is 79.0 Å². The van der Waals surface area contributed by atoms with E-state index in [4.69, 9.17) is 13.9 Å². The molecule has 0 fully saturated rings. The van der Waals surface area contributed by atoms with E-state index in [0.717, 1.165) is 17.1 Å². The zero-order valence-corrected chi connectivity index (χ0v) is 27.1. The van der Waals surface area contributed by atoms with Gasteiger partial charge in [0, 0.05) is 17.3 Å². The predicted molar refractivity (Wildman–Crippen MR) is 163 cm³/mol. The Morgan fingerprint density at radius 2 is 1.41 bits per heavy atom. The smallest absolute Gasteiger partial charge is 0.306 e. The summed E-state index contributed by atoms with van der Waals surface area (Å²) in [7, 11) is 0.753. The van der Waals surface area contributed by atoms with Crippen molar-refractivity contribution in [2.45, 2.75) is 90.8 Å². The van der Waals surface area contributed by atoms with E-state index in [1.807, 2.05) is 0 Å². The largest absolute Gasteiger partial charge is 0.542 e. The van der Waals surface area contributed by atoms with Gasteiger partial charge in [0.15, 0.2) is 0 Å². The highest BCUT2D eigenvalue weighted by Gasteiger charge is 2.47. The molecule has 8 heteroatoms. The van der Waals surface area contributed by atoms with Gasteiger partial charge in [0.2, 0.25) is 0 Å². The van der Waals surface area contributed by atoms with Crippen LogP contribution >= 0.6 is 23.5 Å². The highest BCUT2D eigenvalue weighted by Crippen LogP contribution is 2.44. The van der Waals surface area contributed by atoms with Crippen molar-refractivity contribution in [1.82, 2.24) is 0 Å². The van der Waals surface area contributed by atoms with Crippen molar-refractivity contribution in [1.29, 1.82) is 0 Å². The van der Waals surface area contributed by atoms with Gasteiger partial charge in [0.05, 0.1) is 27.1 Å². The van der Waals surface area contributed by atoms with Crippen molar-refractivity contribution in [2.75, 3.05) is 31.5 Å². The monoisotopic (exact) mass is 568 g/mol. The van der Waals surface area contributed by atoms with Gasteiger partial charge in [-0.15, -0.1) is 11.8 Å². The van der Waals surface area contributed by atoms with E-state index in [0.29, 0.717) is 46.9 Å². The lowest BCUT2D eigenvalue weighted by molar-refractivity contribution is -0.140. The Hall–Kier alpha value is -1.38. The second kappa shape index (κ2) is 16.6. The summed E-state index contributed by atoms with van der Waals surface area (Å²) in [6.45, 7) is 18.3. The Kier molecular flexibility index (Phi) is 15.1. The maximum absolute atomic E-state index is 11.5. The van der Waals surface area contributed by atoms with Gasteiger partial charge in [-0.1, -0.05) is 61.5 Å². The van der Waals surface area contributed by atoms with Crippen LogP contribution in [0.15, 0.2) is 23.6 Å². The third kappa shape index (κ3) is 10.0. The first-order valence-corrected chi connectivity index (χ1v) is 17.6. The summed E-state index contributed by atoms with van der Waals surface area (Å²) < 4.78 is 16.6. The van der Waals surface area contributed by atoms with Crippen molar-refractivity contribution in [2.24, 2.45) is 0 Å². The molecule has 0 unspecified atom stereocenters. The summed E-state index contributed by atoms with van der Waals surface area (Å²) in [5, 5.41) is 2.14. The molecule has 0 heterocycles. The summed E-state index contributed by atoms with van der Waals surface area (Å²) >= 11 is 3.33. The second-order valence-corrected chi connectivity index (χ2v) is 18.0. The number of hydrogen-bond donors (Lipinski definition) is 0. The molecule has 0 atom stereocenters. The lowest BCUT2D eigenvalue weighted by Gasteiger charge is -2.43. The van der Waals surface area contributed by atoms with Gasteiger partial charge >= 0.3 is 11.9 Å². The first-order valence-electron chi connectivity index (χ1n) is 13.3. The Morgan fingerprint density at radius 3 is 1.89 bits per heavy atom. The molecule has 1 rings (SSSR count). The standard InChI is InChI=1S/C29H48O5S2Si/c1-20(2)26-17-24(11-12-27(26)34-37(21(3)4,22(5)6)23(7)8)25(18-35-15-13-28(30)32-9)19-36-16-14-29(31)33-10/h11-12,17-18,20-23H,13-16,19H2,1-10H3/b25-18+. The molecule has 0 N–H and O–H groups in total. The van der Waals surface area contributed by atoms with E-state index in [1.165, 1.54) is 25.4 Å². The summed E-state index contributed by atoms with van der Waals surface area (Å²) in [6, 6.07) is 6.59. The minimum absolute atomic E-state index is 0.192.